The highest BCUT2D eigenvalue weighted by Gasteiger charge is 2.16. The number of nitrogens with one attached hydrogen (secondary N) is 1. The highest BCUT2D eigenvalue weighted by molar-refractivity contribution is 5.77. The number of carbonyl (C=O) groups excluding carboxylic acids is 1. The van der Waals surface area contributed by atoms with Crippen LogP contribution in [-0.2, 0) is 20.9 Å². The van der Waals surface area contributed by atoms with Gasteiger partial charge in [-0.25, -0.2) is 0 Å². The van der Waals surface area contributed by atoms with Gasteiger partial charge >= 0.3 is 0 Å². The van der Waals surface area contributed by atoms with Crippen LogP contribution in [0.4, 0.5) is 0 Å². The smallest absolute Gasteiger partial charge is 0.246 e. The van der Waals surface area contributed by atoms with Gasteiger partial charge in [-0.15, -0.1) is 0 Å². The van der Waals surface area contributed by atoms with E-state index in [0.717, 1.165) is 12.0 Å². The quantitative estimate of drug-likeness (QED) is 0.637. The van der Waals surface area contributed by atoms with Crippen molar-refractivity contribution in [3.8, 4) is 22.8 Å². The van der Waals surface area contributed by atoms with Crippen molar-refractivity contribution in [1.82, 2.24) is 10.5 Å². The van der Waals surface area contributed by atoms with Gasteiger partial charge in [0.25, 0.3) is 0 Å². The fourth-order valence-corrected chi connectivity index (χ4v) is 2.48. The molecule has 27 heavy (non-hydrogen) atoms. The van der Waals surface area contributed by atoms with Crippen LogP contribution in [0.1, 0.15) is 26.0 Å². The van der Waals surface area contributed by atoms with Crippen molar-refractivity contribution in [1.29, 1.82) is 0 Å². The SMILES string of the molecule is CC(C)OCCCNC(=O)COCc1cc(-c2ccc3c(c2)OCO3)on1. The molecule has 0 unspecified atom stereocenters. The van der Waals surface area contributed by atoms with Crippen LogP contribution in [0.15, 0.2) is 28.8 Å². The lowest BCUT2D eigenvalue weighted by atomic mass is 10.1. The van der Waals surface area contributed by atoms with Crippen LogP contribution in [0, 0.1) is 0 Å². The summed E-state index contributed by atoms with van der Waals surface area (Å²) in [6.45, 7) is 5.53. The van der Waals surface area contributed by atoms with Gasteiger partial charge in [0.05, 0.1) is 12.7 Å². The summed E-state index contributed by atoms with van der Waals surface area (Å²) in [5, 5.41) is 6.75. The second-order valence-corrected chi connectivity index (χ2v) is 6.37. The Labute approximate surface area is 157 Å². The molecule has 1 aliphatic rings. The monoisotopic (exact) mass is 376 g/mol. The Hall–Kier alpha value is -2.58. The normalized spacial score (nSPS) is 12.6. The highest BCUT2D eigenvalue weighted by atomic mass is 16.7. The molecule has 146 valence electrons. The summed E-state index contributed by atoms with van der Waals surface area (Å²) in [7, 11) is 0. The third-order valence-corrected chi connectivity index (χ3v) is 3.79. The molecule has 0 aliphatic carbocycles. The number of hydrogen-bond acceptors (Lipinski definition) is 7. The topological polar surface area (TPSA) is 92.1 Å². The van der Waals surface area contributed by atoms with Gasteiger partial charge in [-0.3, -0.25) is 4.79 Å². The number of fused-ring (bicyclic) bond motifs is 1. The summed E-state index contributed by atoms with van der Waals surface area (Å²) < 4.78 is 26.8. The first kappa shape index (κ1) is 19.2. The van der Waals surface area contributed by atoms with Crippen LogP contribution >= 0.6 is 0 Å². The Balaban J connectivity index is 1.38. The van der Waals surface area contributed by atoms with Crippen molar-refractivity contribution in [3.05, 3.63) is 30.0 Å². The first-order chi connectivity index (χ1) is 13.1. The van der Waals surface area contributed by atoms with E-state index in [1.165, 1.54) is 0 Å². The first-order valence-electron chi connectivity index (χ1n) is 8.93. The molecule has 1 amide bonds. The average molecular weight is 376 g/mol. The van der Waals surface area contributed by atoms with E-state index in [0.29, 0.717) is 36.1 Å². The molecule has 0 spiro atoms. The Morgan fingerprint density at radius 3 is 2.96 bits per heavy atom. The minimum Gasteiger partial charge on any atom is -0.454 e. The van der Waals surface area contributed by atoms with Crippen LogP contribution in [0.2, 0.25) is 0 Å². The maximum atomic E-state index is 11.7. The van der Waals surface area contributed by atoms with Gasteiger partial charge < -0.3 is 28.8 Å². The number of nitrogens with zero attached hydrogens (tertiary/aromatic N) is 1. The van der Waals surface area contributed by atoms with Crippen molar-refractivity contribution >= 4 is 5.91 Å². The van der Waals surface area contributed by atoms with Crippen LogP contribution in [0.3, 0.4) is 0 Å². The Kier molecular flexibility index (Phi) is 6.67. The van der Waals surface area contributed by atoms with E-state index < -0.39 is 0 Å². The van der Waals surface area contributed by atoms with Gasteiger partial charge in [0.1, 0.15) is 12.3 Å². The third kappa shape index (κ3) is 5.70. The van der Waals surface area contributed by atoms with Gasteiger partial charge in [0, 0.05) is 24.8 Å². The van der Waals surface area contributed by atoms with E-state index in [2.05, 4.69) is 10.5 Å². The molecule has 0 fully saturated rings. The lowest BCUT2D eigenvalue weighted by Crippen LogP contribution is -2.29. The van der Waals surface area contributed by atoms with Gasteiger partial charge in [-0.05, 0) is 38.5 Å². The standard InChI is InChI=1S/C19H24N2O6/c1-13(2)24-7-3-6-20-19(22)11-23-10-15-9-17(27-21-15)14-4-5-16-18(8-14)26-12-25-16/h4-5,8-9,13H,3,6-7,10-12H2,1-2H3,(H,20,22). The van der Waals surface area contributed by atoms with E-state index in [9.17, 15) is 4.79 Å². The molecule has 1 aromatic carbocycles. The Morgan fingerprint density at radius 1 is 1.26 bits per heavy atom. The van der Waals surface area contributed by atoms with Crippen molar-refractivity contribution in [2.24, 2.45) is 0 Å². The predicted molar refractivity (Wildman–Crippen MR) is 96.4 cm³/mol. The highest BCUT2D eigenvalue weighted by Crippen LogP contribution is 2.36. The molecule has 8 nitrogen and oxygen atoms in total. The van der Waals surface area contributed by atoms with Crippen molar-refractivity contribution in [2.75, 3.05) is 26.6 Å². The molecule has 2 heterocycles. The van der Waals surface area contributed by atoms with E-state index in [-0.39, 0.29) is 32.0 Å². The molecule has 0 bridgehead atoms. The number of amides is 1. The number of carbonyl (C=O) groups is 1. The lowest BCUT2D eigenvalue weighted by molar-refractivity contribution is -0.126. The van der Waals surface area contributed by atoms with Crippen molar-refractivity contribution in [2.45, 2.75) is 33.0 Å². The van der Waals surface area contributed by atoms with Crippen molar-refractivity contribution < 1.29 is 28.3 Å². The zero-order chi connectivity index (χ0) is 19.1. The predicted octanol–water partition coefficient (Wildman–Crippen LogP) is 2.52. The maximum Gasteiger partial charge on any atom is 0.246 e. The molecule has 0 radical (unpaired) electrons. The molecule has 0 saturated carbocycles. The number of hydrogen-bond donors (Lipinski definition) is 1. The molecular weight excluding hydrogens is 352 g/mol. The molecule has 0 atom stereocenters. The average Bonchev–Trinajstić information content (AvgIpc) is 3.29. The molecule has 1 N–H and O–H groups in total. The number of benzene rings is 1. The van der Waals surface area contributed by atoms with E-state index in [1.54, 1.807) is 6.07 Å². The zero-order valence-electron chi connectivity index (χ0n) is 15.5. The molecule has 1 aromatic heterocycles. The van der Waals surface area contributed by atoms with Crippen LogP contribution in [0.25, 0.3) is 11.3 Å². The molecule has 8 heteroatoms. The van der Waals surface area contributed by atoms with Gasteiger partial charge in [0.15, 0.2) is 17.3 Å². The summed E-state index contributed by atoms with van der Waals surface area (Å²) in [6.07, 6.45) is 0.973. The molecular formula is C19H24N2O6. The molecule has 2 aromatic rings. The Bertz CT molecular complexity index is 758. The Morgan fingerprint density at radius 2 is 2.11 bits per heavy atom. The molecule has 0 saturated heterocycles. The zero-order valence-corrected chi connectivity index (χ0v) is 15.5. The second-order valence-electron chi connectivity index (χ2n) is 6.37. The minimum atomic E-state index is -0.168. The first-order valence-corrected chi connectivity index (χ1v) is 8.93. The van der Waals surface area contributed by atoms with E-state index in [1.807, 2.05) is 32.0 Å². The van der Waals surface area contributed by atoms with Gasteiger partial charge in [0.2, 0.25) is 12.7 Å². The molecule has 1 aliphatic heterocycles. The van der Waals surface area contributed by atoms with Gasteiger partial charge in [-0.1, -0.05) is 5.16 Å². The largest absolute Gasteiger partial charge is 0.454 e. The second kappa shape index (κ2) is 9.38. The van der Waals surface area contributed by atoms with Crippen LogP contribution < -0.4 is 14.8 Å². The van der Waals surface area contributed by atoms with E-state index >= 15 is 0 Å². The summed E-state index contributed by atoms with van der Waals surface area (Å²) in [4.78, 5) is 11.7. The number of aromatic nitrogens is 1. The summed E-state index contributed by atoms with van der Waals surface area (Å²) >= 11 is 0. The summed E-state index contributed by atoms with van der Waals surface area (Å²) in [6, 6.07) is 7.31. The van der Waals surface area contributed by atoms with Crippen molar-refractivity contribution in [3.63, 3.8) is 0 Å². The van der Waals surface area contributed by atoms with E-state index in [4.69, 9.17) is 23.5 Å². The van der Waals surface area contributed by atoms with Crippen LogP contribution in [-0.4, -0.2) is 43.7 Å². The number of ether oxygens (including phenoxy) is 4. The summed E-state index contributed by atoms with van der Waals surface area (Å²) in [5.74, 6) is 1.82. The minimum absolute atomic E-state index is 0.0305. The third-order valence-electron chi connectivity index (χ3n) is 3.79. The lowest BCUT2D eigenvalue weighted by Gasteiger charge is -2.08. The summed E-state index contributed by atoms with van der Waals surface area (Å²) in [5.41, 5.74) is 1.44. The maximum absolute atomic E-state index is 11.7. The number of rotatable bonds is 10. The molecule has 3 rings (SSSR count). The van der Waals surface area contributed by atoms with Gasteiger partial charge in [-0.2, -0.15) is 0 Å². The van der Waals surface area contributed by atoms with Crippen LogP contribution in [0.5, 0.6) is 11.5 Å². The fourth-order valence-electron chi connectivity index (χ4n) is 2.48. The fraction of sp³-hybridized carbons (Fsp3) is 0.474.